The lowest BCUT2D eigenvalue weighted by molar-refractivity contribution is 0.107. The molecule has 0 unspecified atom stereocenters. The Hall–Kier alpha value is -4.33. The maximum absolute atomic E-state index is 16.9. The Labute approximate surface area is 278 Å². The van der Waals surface area contributed by atoms with Crippen molar-refractivity contribution in [3.63, 3.8) is 0 Å². The van der Waals surface area contributed by atoms with Gasteiger partial charge in [0.1, 0.15) is 36.0 Å². The number of alkyl halides is 2. The second kappa shape index (κ2) is 11.9. The fourth-order valence-electron chi connectivity index (χ4n) is 8.37. The van der Waals surface area contributed by atoms with Gasteiger partial charge in [-0.2, -0.15) is 9.97 Å². The van der Waals surface area contributed by atoms with Crippen molar-refractivity contribution in [2.75, 3.05) is 44.3 Å². The van der Waals surface area contributed by atoms with Gasteiger partial charge in [0.05, 0.1) is 29.6 Å². The summed E-state index contributed by atoms with van der Waals surface area (Å²) in [6, 6.07) is 5.64. The van der Waals surface area contributed by atoms with Gasteiger partial charge in [-0.05, 0) is 61.6 Å². The fourth-order valence-corrected chi connectivity index (χ4v) is 8.37. The van der Waals surface area contributed by atoms with Crippen molar-refractivity contribution >= 4 is 33.6 Å². The van der Waals surface area contributed by atoms with E-state index in [0.29, 0.717) is 18.4 Å². The van der Waals surface area contributed by atoms with Gasteiger partial charge in [0.25, 0.3) is 0 Å². The zero-order valence-electron chi connectivity index (χ0n) is 26.9. The van der Waals surface area contributed by atoms with Crippen molar-refractivity contribution in [3.05, 3.63) is 53.5 Å². The van der Waals surface area contributed by atoms with E-state index in [1.165, 1.54) is 6.20 Å². The van der Waals surface area contributed by atoms with Crippen LogP contribution in [0.1, 0.15) is 44.6 Å². The maximum atomic E-state index is 16.9. The molecular formula is C35H35F5N6O3. The molecule has 0 aliphatic carbocycles. The third kappa shape index (κ3) is 5.57. The van der Waals surface area contributed by atoms with Crippen molar-refractivity contribution in [2.45, 2.75) is 68.9 Å². The number of nitrogens with one attached hydrogen (secondary N) is 1. The maximum Gasteiger partial charge on any atom is 0.407 e. The number of hydrogen-bond donors (Lipinski definition) is 1. The van der Waals surface area contributed by atoms with E-state index >= 15 is 13.2 Å². The summed E-state index contributed by atoms with van der Waals surface area (Å²) in [4.78, 5) is 30.2. The number of benzene rings is 2. The highest BCUT2D eigenvalue weighted by Gasteiger charge is 2.49. The van der Waals surface area contributed by atoms with Gasteiger partial charge >= 0.3 is 12.1 Å². The van der Waals surface area contributed by atoms with Crippen molar-refractivity contribution in [2.24, 2.45) is 0 Å². The summed E-state index contributed by atoms with van der Waals surface area (Å²) < 4.78 is 88.7. The Kier molecular flexibility index (Phi) is 7.76. The van der Waals surface area contributed by atoms with Gasteiger partial charge in [-0.3, -0.25) is 9.88 Å². The molecule has 3 saturated heterocycles. The molecule has 4 atom stereocenters. The highest BCUT2D eigenvalue weighted by Crippen LogP contribution is 2.42. The number of carbonyl (C=O) groups is 1. The van der Waals surface area contributed by atoms with Crippen LogP contribution < -0.4 is 15.0 Å². The summed E-state index contributed by atoms with van der Waals surface area (Å²) in [7, 11) is 0. The summed E-state index contributed by atoms with van der Waals surface area (Å²) in [5.74, 6) is -2.85. The SMILES string of the molecule is C[C@@]12C[C@@H](F)CN(C1)c1nc(OC[C@@]34CCCN3C[C@H](F)C4)nc3c(F)c(ncc13)-c1cccc3cc(F)c(F)c(c13)CCCOC(=O)N2. The predicted molar refractivity (Wildman–Crippen MR) is 172 cm³/mol. The number of carbonyl (C=O) groups excluding carboxylic acids is 1. The van der Waals surface area contributed by atoms with E-state index in [-0.39, 0.29) is 90.5 Å². The van der Waals surface area contributed by atoms with Gasteiger partial charge in [-0.1, -0.05) is 18.2 Å². The molecule has 1 amide bonds. The number of rotatable bonds is 3. The molecule has 5 aliphatic rings. The molecule has 0 spiro atoms. The van der Waals surface area contributed by atoms with Crippen LogP contribution in [0.5, 0.6) is 6.01 Å². The number of anilines is 1. The number of hydrogen-bond acceptors (Lipinski definition) is 8. The van der Waals surface area contributed by atoms with Crippen molar-refractivity contribution in [3.8, 4) is 17.3 Å². The number of aryl methyl sites for hydroxylation is 1. The lowest BCUT2D eigenvalue weighted by atomic mass is 9.90. The minimum Gasteiger partial charge on any atom is -0.461 e. The second-order valence-corrected chi connectivity index (χ2v) is 14.0. The minimum atomic E-state index is -1.40. The van der Waals surface area contributed by atoms with E-state index in [0.717, 1.165) is 25.5 Å². The Morgan fingerprint density at radius 3 is 2.78 bits per heavy atom. The van der Waals surface area contributed by atoms with E-state index in [2.05, 4.69) is 25.2 Å². The molecule has 6 bridgehead atoms. The van der Waals surface area contributed by atoms with Crippen LogP contribution in [-0.4, -0.2) is 88.8 Å². The number of pyridine rings is 1. The number of ether oxygens (including phenoxy) is 2. The van der Waals surface area contributed by atoms with Crippen LogP contribution in [0.4, 0.5) is 32.6 Å². The molecule has 5 aliphatic heterocycles. The molecule has 49 heavy (non-hydrogen) atoms. The van der Waals surface area contributed by atoms with Crippen LogP contribution in [0.25, 0.3) is 32.9 Å². The topological polar surface area (TPSA) is 92.7 Å². The Bertz CT molecular complexity index is 1980. The number of halogens is 5. The van der Waals surface area contributed by atoms with Crippen molar-refractivity contribution in [1.82, 2.24) is 25.2 Å². The third-order valence-electron chi connectivity index (χ3n) is 10.4. The molecule has 14 heteroatoms. The Morgan fingerprint density at radius 1 is 1.08 bits per heavy atom. The largest absolute Gasteiger partial charge is 0.461 e. The molecule has 2 aromatic carbocycles. The highest BCUT2D eigenvalue weighted by atomic mass is 19.2. The van der Waals surface area contributed by atoms with E-state index in [1.807, 2.05) is 0 Å². The first-order chi connectivity index (χ1) is 23.5. The first-order valence-electron chi connectivity index (χ1n) is 16.6. The predicted octanol–water partition coefficient (Wildman–Crippen LogP) is 6.20. The van der Waals surface area contributed by atoms with Gasteiger partial charge in [-0.25, -0.2) is 26.7 Å². The smallest absolute Gasteiger partial charge is 0.407 e. The zero-order valence-corrected chi connectivity index (χ0v) is 26.9. The molecule has 9 nitrogen and oxygen atoms in total. The second-order valence-electron chi connectivity index (χ2n) is 14.0. The normalized spacial score (nSPS) is 27.4. The summed E-state index contributed by atoms with van der Waals surface area (Å²) in [6.07, 6.45) is 0.203. The molecule has 0 radical (unpaired) electrons. The number of fused-ring (bicyclic) bond motifs is 7. The molecular weight excluding hydrogens is 647 g/mol. The van der Waals surface area contributed by atoms with Crippen LogP contribution in [0, 0.1) is 17.5 Å². The highest BCUT2D eigenvalue weighted by molar-refractivity contribution is 6.01. The van der Waals surface area contributed by atoms with Gasteiger partial charge in [0.2, 0.25) is 0 Å². The molecule has 2 aromatic heterocycles. The molecule has 3 fully saturated rings. The summed E-state index contributed by atoms with van der Waals surface area (Å²) in [5.41, 5.74) is -1.77. The molecule has 7 heterocycles. The summed E-state index contributed by atoms with van der Waals surface area (Å²) in [5, 5.41) is 3.53. The van der Waals surface area contributed by atoms with Crippen LogP contribution in [0.2, 0.25) is 0 Å². The average molecular weight is 683 g/mol. The van der Waals surface area contributed by atoms with E-state index in [9.17, 15) is 13.6 Å². The zero-order chi connectivity index (χ0) is 34.1. The lowest BCUT2D eigenvalue weighted by Crippen LogP contribution is -2.60. The fraction of sp³-hybridized carbons (Fsp3) is 0.486. The number of amides is 1. The third-order valence-corrected chi connectivity index (χ3v) is 10.4. The molecule has 4 aromatic rings. The summed E-state index contributed by atoms with van der Waals surface area (Å²) in [6.45, 7) is 2.66. The number of aromatic nitrogens is 3. The van der Waals surface area contributed by atoms with Crippen molar-refractivity contribution in [1.29, 1.82) is 0 Å². The quantitative estimate of drug-likeness (QED) is 0.256. The van der Waals surface area contributed by atoms with Gasteiger partial charge in [-0.15, -0.1) is 0 Å². The van der Waals surface area contributed by atoms with Gasteiger partial charge in [0, 0.05) is 37.7 Å². The monoisotopic (exact) mass is 682 g/mol. The standard InChI is InChI=1S/C35H35F5N6O3/c1-34-12-20(36)15-45(17-34)31-24-14-41-29(28(40)30(24)42-32(43-31)49-18-35-8-4-9-46(35)16-21(37)13-35)23-6-2-5-19-11-25(38)27(39)22(26(19)23)7-3-10-48-33(47)44-34/h2,5-6,11,14,20-21H,3-4,7-10,12-13,15-18H2,1H3,(H,44,47)/t20-,21-,34-,35+/m1/s1. The first kappa shape index (κ1) is 31.9. The molecule has 0 saturated carbocycles. The van der Waals surface area contributed by atoms with Gasteiger partial charge < -0.3 is 19.7 Å². The van der Waals surface area contributed by atoms with E-state index in [1.54, 1.807) is 30.0 Å². The Balaban J connectivity index is 1.32. The summed E-state index contributed by atoms with van der Waals surface area (Å²) >= 11 is 0. The number of piperidine rings is 1. The number of nitrogens with zero attached hydrogens (tertiary/aromatic N) is 5. The molecule has 1 N–H and O–H groups in total. The van der Waals surface area contributed by atoms with E-state index in [4.69, 9.17) is 9.47 Å². The number of alkyl carbamates (subject to hydrolysis) is 1. The van der Waals surface area contributed by atoms with Crippen LogP contribution in [-0.2, 0) is 11.2 Å². The van der Waals surface area contributed by atoms with Crippen LogP contribution in [0.3, 0.4) is 0 Å². The molecule has 258 valence electrons. The Morgan fingerprint density at radius 2 is 1.92 bits per heavy atom. The lowest BCUT2D eigenvalue weighted by Gasteiger charge is -2.42. The van der Waals surface area contributed by atoms with Gasteiger partial charge in [0.15, 0.2) is 17.5 Å². The molecule has 9 rings (SSSR count). The average Bonchev–Trinajstić information content (AvgIpc) is 3.58. The minimum absolute atomic E-state index is 0.00933. The van der Waals surface area contributed by atoms with Crippen LogP contribution in [0.15, 0.2) is 30.5 Å². The first-order valence-corrected chi connectivity index (χ1v) is 16.6. The van der Waals surface area contributed by atoms with Crippen LogP contribution >= 0.6 is 0 Å². The van der Waals surface area contributed by atoms with E-state index < -0.39 is 47.0 Å². The van der Waals surface area contributed by atoms with Crippen molar-refractivity contribution < 1.29 is 36.2 Å².